The quantitative estimate of drug-likeness (QED) is 0.581. The van der Waals surface area contributed by atoms with Gasteiger partial charge in [-0.05, 0) is 13.5 Å². The molecule has 2 saturated heterocycles. The first-order valence-electron chi connectivity index (χ1n) is 4.83. The molecule has 1 aliphatic carbocycles. The Bertz CT molecular complexity index is 208. The maximum absolute atomic E-state index is 11.5. The summed E-state index contributed by atoms with van der Waals surface area (Å²) in [5.74, 6) is 0.850. The highest BCUT2D eigenvalue weighted by Gasteiger charge is 2.46. The van der Waals surface area contributed by atoms with Crippen LogP contribution in [0.1, 0.15) is 6.42 Å². The minimum Gasteiger partial charge on any atom is -0.392 e. The monoisotopic (exact) mass is 184 g/mol. The van der Waals surface area contributed by atoms with Crippen LogP contribution in [0.3, 0.4) is 0 Å². The predicted octanol–water partition coefficient (Wildman–Crippen LogP) is -0.955. The molecule has 1 saturated carbocycles. The molecule has 74 valence electrons. The minimum absolute atomic E-state index is 0.140. The van der Waals surface area contributed by atoms with Crippen molar-refractivity contribution in [3.8, 4) is 0 Å². The topological polar surface area (TPSA) is 52.6 Å². The molecule has 4 heteroatoms. The Hall–Kier alpha value is -0.610. The fraction of sp³-hybridized carbons (Fsp3) is 0.889. The molecule has 2 heterocycles. The number of fused-ring (bicyclic) bond motifs is 2. The van der Waals surface area contributed by atoms with Gasteiger partial charge in [0.05, 0.1) is 12.6 Å². The molecule has 0 spiro atoms. The molecule has 3 aliphatic rings. The van der Waals surface area contributed by atoms with E-state index in [9.17, 15) is 9.90 Å². The molecule has 0 aromatic rings. The highest BCUT2D eigenvalue weighted by molar-refractivity contribution is 5.78. The Morgan fingerprint density at radius 2 is 2.15 bits per heavy atom. The van der Waals surface area contributed by atoms with Crippen LogP contribution in [0.4, 0.5) is 0 Å². The molecule has 0 aromatic heterocycles. The van der Waals surface area contributed by atoms with E-state index >= 15 is 0 Å². The number of likely N-dealkylation sites (N-methyl/N-ethyl adjacent to an activating group) is 1. The average molecular weight is 184 g/mol. The van der Waals surface area contributed by atoms with Crippen molar-refractivity contribution in [3.05, 3.63) is 0 Å². The lowest BCUT2D eigenvalue weighted by atomic mass is 9.68. The maximum atomic E-state index is 11.5. The second kappa shape index (κ2) is 3.27. The van der Waals surface area contributed by atoms with Crippen LogP contribution in [0.5, 0.6) is 0 Å². The van der Waals surface area contributed by atoms with Crippen LogP contribution in [0.2, 0.25) is 0 Å². The summed E-state index contributed by atoms with van der Waals surface area (Å²) >= 11 is 0. The van der Waals surface area contributed by atoms with Crippen molar-refractivity contribution in [3.63, 3.8) is 0 Å². The molecular weight excluding hydrogens is 168 g/mol. The summed E-state index contributed by atoms with van der Waals surface area (Å²) in [4.78, 5) is 13.3. The molecule has 3 rings (SSSR count). The number of rotatable bonds is 2. The average Bonchev–Trinajstić information content (AvgIpc) is 2.17. The predicted molar refractivity (Wildman–Crippen MR) is 48.1 cm³/mol. The van der Waals surface area contributed by atoms with Gasteiger partial charge in [-0.25, -0.2) is 0 Å². The van der Waals surface area contributed by atoms with Gasteiger partial charge in [0.2, 0.25) is 5.91 Å². The largest absolute Gasteiger partial charge is 0.392 e. The molecule has 2 atom stereocenters. The second-order valence-electron chi connectivity index (χ2n) is 4.08. The molecule has 4 nitrogen and oxygen atoms in total. The Morgan fingerprint density at radius 1 is 1.54 bits per heavy atom. The van der Waals surface area contributed by atoms with Crippen molar-refractivity contribution < 1.29 is 9.90 Å². The van der Waals surface area contributed by atoms with Crippen LogP contribution < -0.4 is 5.32 Å². The van der Waals surface area contributed by atoms with E-state index in [1.165, 1.54) is 0 Å². The Kier molecular flexibility index (Phi) is 2.26. The van der Waals surface area contributed by atoms with Crippen molar-refractivity contribution in [2.45, 2.75) is 12.5 Å². The fourth-order valence-electron chi connectivity index (χ4n) is 2.33. The van der Waals surface area contributed by atoms with Gasteiger partial charge >= 0.3 is 0 Å². The summed E-state index contributed by atoms with van der Waals surface area (Å²) in [7, 11) is 1.78. The van der Waals surface area contributed by atoms with Gasteiger partial charge in [-0.2, -0.15) is 0 Å². The normalized spacial score (nSPS) is 37.1. The summed E-state index contributed by atoms with van der Waals surface area (Å²) < 4.78 is 0. The van der Waals surface area contributed by atoms with E-state index in [1.54, 1.807) is 7.05 Å². The van der Waals surface area contributed by atoms with Crippen molar-refractivity contribution in [1.29, 1.82) is 0 Å². The fourth-order valence-corrected chi connectivity index (χ4v) is 2.33. The van der Waals surface area contributed by atoms with Crippen molar-refractivity contribution in [2.24, 2.45) is 11.8 Å². The van der Waals surface area contributed by atoms with E-state index in [-0.39, 0.29) is 12.0 Å². The summed E-state index contributed by atoms with van der Waals surface area (Å²) in [6.07, 6.45) is 0.962. The van der Waals surface area contributed by atoms with E-state index in [0.717, 1.165) is 19.5 Å². The number of amides is 1. The number of carbonyl (C=O) groups excluding carboxylic acids is 1. The first-order chi connectivity index (χ1) is 6.22. The van der Waals surface area contributed by atoms with Gasteiger partial charge in [-0.1, -0.05) is 0 Å². The SMILES string of the molecule is CNCC(=O)N1CC2CC(C1)C2O. The molecule has 13 heavy (non-hydrogen) atoms. The van der Waals surface area contributed by atoms with Gasteiger partial charge in [0.25, 0.3) is 0 Å². The van der Waals surface area contributed by atoms with Gasteiger partial charge in [0.15, 0.2) is 0 Å². The molecule has 2 aliphatic heterocycles. The van der Waals surface area contributed by atoms with E-state index in [1.807, 2.05) is 4.90 Å². The smallest absolute Gasteiger partial charge is 0.236 e. The van der Waals surface area contributed by atoms with Gasteiger partial charge < -0.3 is 15.3 Å². The summed E-state index contributed by atoms with van der Waals surface area (Å²) in [5, 5.41) is 12.4. The van der Waals surface area contributed by atoms with Crippen LogP contribution in [-0.4, -0.2) is 48.7 Å². The van der Waals surface area contributed by atoms with Crippen molar-refractivity contribution >= 4 is 5.91 Å². The highest BCUT2D eigenvalue weighted by Crippen LogP contribution is 2.39. The standard InChI is InChI=1S/C9H16N2O2/c1-10-3-8(12)11-4-6-2-7(5-11)9(6)13/h6-7,9-10,13H,2-5H2,1H3. The van der Waals surface area contributed by atoms with E-state index in [0.29, 0.717) is 18.4 Å². The lowest BCUT2D eigenvalue weighted by Gasteiger charge is -2.51. The molecule has 2 bridgehead atoms. The van der Waals surface area contributed by atoms with Crippen LogP contribution in [0.15, 0.2) is 0 Å². The third-order valence-electron chi connectivity index (χ3n) is 3.16. The molecule has 2 N–H and O–H groups in total. The van der Waals surface area contributed by atoms with Crippen LogP contribution in [0, 0.1) is 11.8 Å². The lowest BCUT2D eigenvalue weighted by Crippen LogP contribution is -2.60. The number of hydrogen-bond donors (Lipinski definition) is 2. The molecule has 2 unspecified atom stereocenters. The summed E-state index contributed by atoms with van der Waals surface area (Å²) in [6.45, 7) is 1.91. The molecule has 1 amide bonds. The third kappa shape index (κ3) is 1.44. The zero-order chi connectivity index (χ0) is 9.42. The number of carbonyl (C=O) groups is 1. The van der Waals surface area contributed by atoms with Gasteiger partial charge in [0, 0.05) is 24.9 Å². The van der Waals surface area contributed by atoms with E-state index in [2.05, 4.69) is 5.32 Å². The van der Waals surface area contributed by atoms with Crippen molar-refractivity contribution in [2.75, 3.05) is 26.7 Å². The van der Waals surface area contributed by atoms with E-state index < -0.39 is 0 Å². The van der Waals surface area contributed by atoms with Crippen LogP contribution >= 0.6 is 0 Å². The Balaban J connectivity index is 1.88. The summed E-state index contributed by atoms with van der Waals surface area (Å²) in [5.41, 5.74) is 0. The summed E-state index contributed by atoms with van der Waals surface area (Å²) in [6, 6.07) is 0. The second-order valence-corrected chi connectivity index (χ2v) is 4.08. The van der Waals surface area contributed by atoms with Crippen LogP contribution in [0.25, 0.3) is 0 Å². The molecule has 0 aromatic carbocycles. The Morgan fingerprint density at radius 3 is 2.62 bits per heavy atom. The van der Waals surface area contributed by atoms with Gasteiger partial charge in [0.1, 0.15) is 0 Å². The number of aliphatic hydroxyl groups excluding tert-OH is 1. The number of piperidine rings is 2. The lowest BCUT2D eigenvalue weighted by molar-refractivity contribution is -0.149. The molecular formula is C9H16N2O2. The van der Waals surface area contributed by atoms with Gasteiger partial charge in [-0.3, -0.25) is 4.79 Å². The van der Waals surface area contributed by atoms with Crippen molar-refractivity contribution in [1.82, 2.24) is 10.2 Å². The zero-order valence-corrected chi connectivity index (χ0v) is 7.86. The molecule has 0 radical (unpaired) electrons. The highest BCUT2D eigenvalue weighted by atomic mass is 16.3. The zero-order valence-electron chi connectivity index (χ0n) is 7.86. The number of hydrogen-bond acceptors (Lipinski definition) is 3. The maximum Gasteiger partial charge on any atom is 0.236 e. The number of aliphatic hydroxyl groups is 1. The minimum atomic E-state index is -0.140. The van der Waals surface area contributed by atoms with Gasteiger partial charge in [-0.15, -0.1) is 0 Å². The molecule has 3 fully saturated rings. The first-order valence-corrected chi connectivity index (χ1v) is 4.83. The third-order valence-corrected chi connectivity index (χ3v) is 3.16. The first kappa shape index (κ1) is 8.97. The Labute approximate surface area is 77.9 Å². The van der Waals surface area contributed by atoms with Crippen LogP contribution in [-0.2, 0) is 4.79 Å². The van der Waals surface area contributed by atoms with E-state index in [4.69, 9.17) is 0 Å². The number of nitrogens with zero attached hydrogens (tertiary/aromatic N) is 1. The number of nitrogens with one attached hydrogen (secondary N) is 1.